The van der Waals surface area contributed by atoms with Crippen molar-refractivity contribution in [3.8, 4) is 0 Å². The molecule has 0 amide bonds. The van der Waals surface area contributed by atoms with Crippen LogP contribution in [0, 0.1) is 0 Å². The fraction of sp³-hybridized carbons (Fsp3) is 0.0833. The summed E-state index contributed by atoms with van der Waals surface area (Å²) in [6, 6.07) is 9.37. The molecule has 0 aliphatic heterocycles. The lowest BCUT2D eigenvalue weighted by Gasteiger charge is -2.05. The number of aliphatic hydroxyl groups is 1. The van der Waals surface area contributed by atoms with Crippen molar-refractivity contribution in [3.05, 3.63) is 47.9 Å². The average molecular weight is 229 g/mol. The number of para-hydroxylation sites is 1. The van der Waals surface area contributed by atoms with Crippen LogP contribution in [0.3, 0.4) is 0 Å². The first kappa shape index (κ1) is 9.92. The number of aromatic amines is 1. The van der Waals surface area contributed by atoms with Crippen LogP contribution < -0.4 is 5.73 Å². The number of H-pyrrole nitrogens is 1. The van der Waals surface area contributed by atoms with Gasteiger partial charge in [0.2, 0.25) is 0 Å². The van der Waals surface area contributed by atoms with Gasteiger partial charge in [-0.25, -0.2) is 0 Å². The van der Waals surface area contributed by atoms with Gasteiger partial charge in [-0.05, 0) is 12.1 Å². The summed E-state index contributed by atoms with van der Waals surface area (Å²) in [6.45, 7) is 0. The number of aliphatic hydroxyl groups excluding tert-OH is 1. The number of fused-ring (bicyclic) bond motifs is 1. The lowest BCUT2D eigenvalue weighted by atomic mass is 10.1. The maximum atomic E-state index is 10.1. The van der Waals surface area contributed by atoms with E-state index in [0.29, 0.717) is 17.1 Å². The quantitative estimate of drug-likeness (QED) is 0.625. The van der Waals surface area contributed by atoms with Crippen LogP contribution in [0.2, 0.25) is 0 Å². The minimum absolute atomic E-state index is 0.345. The number of hydrogen-bond donors (Lipinski definition) is 3. The van der Waals surface area contributed by atoms with Crippen LogP contribution in [-0.4, -0.2) is 15.3 Å². The zero-order valence-corrected chi connectivity index (χ0v) is 8.92. The number of furan rings is 1. The van der Waals surface area contributed by atoms with Gasteiger partial charge in [-0.2, -0.15) is 5.10 Å². The number of nitrogens with zero attached hydrogens (tertiary/aromatic N) is 1. The Bertz CT molecular complexity index is 623. The monoisotopic (exact) mass is 229 g/mol. The normalized spacial score (nSPS) is 13.0. The molecule has 0 bridgehead atoms. The molecule has 0 saturated carbocycles. The zero-order valence-electron chi connectivity index (χ0n) is 8.92. The summed E-state index contributed by atoms with van der Waals surface area (Å²) in [5.41, 5.74) is 6.91. The summed E-state index contributed by atoms with van der Waals surface area (Å²) >= 11 is 0. The van der Waals surface area contributed by atoms with Gasteiger partial charge in [-0.3, -0.25) is 5.10 Å². The molecule has 1 aromatic carbocycles. The second-order valence-electron chi connectivity index (χ2n) is 3.83. The maximum Gasteiger partial charge on any atom is 0.142 e. The van der Waals surface area contributed by atoms with Crippen molar-refractivity contribution in [2.75, 3.05) is 5.73 Å². The molecule has 0 fully saturated rings. The minimum Gasteiger partial charge on any atom is -0.458 e. The third-order valence-electron chi connectivity index (χ3n) is 2.71. The van der Waals surface area contributed by atoms with Crippen LogP contribution in [0.5, 0.6) is 0 Å². The summed E-state index contributed by atoms with van der Waals surface area (Å²) in [6.07, 6.45) is 0.592. The van der Waals surface area contributed by atoms with Crippen molar-refractivity contribution in [2.45, 2.75) is 6.10 Å². The molecule has 0 saturated heterocycles. The van der Waals surface area contributed by atoms with Gasteiger partial charge in [-0.1, -0.05) is 18.2 Å². The third kappa shape index (κ3) is 1.57. The first-order valence-corrected chi connectivity index (χ1v) is 5.21. The van der Waals surface area contributed by atoms with Crippen LogP contribution >= 0.6 is 0 Å². The van der Waals surface area contributed by atoms with Crippen LogP contribution in [0.25, 0.3) is 11.0 Å². The Morgan fingerprint density at radius 2 is 2.18 bits per heavy atom. The van der Waals surface area contributed by atoms with Crippen molar-refractivity contribution < 1.29 is 9.52 Å². The van der Waals surface area contributed by atoms with Crippen molar-refractivity contribution in [1.29, 1.82) is 0 Å². The zero-order chi connectivity index (χ0) is 11.8. The molecule has 1 unspecified atom stereocenters. The molecule has 0 aliphatic rings. The van der Waals surface area contributed by atoms with Crippen LogP contribution in [0.4, 0.5) is 5.82 Å². The molecule has 4 N–H and O–H groups in total. The van der Waals surface area contributed by atoms with E-state index in [4.69, 9.17) is 10.2 Å². The smallest absolute Gasteiger partial charge is 0.142 e. The van der Waals surface area contributed by atoms with E-state index in [1.165, 1.54) is 6.20 Å². The fourth-order valence-corrected chi connectivity index (χ4v) is 1.81. The molecule has 0 aliphatic carbocycles. The summed E-state index contributed by atoms with van der Waals surface area (Å²) in [5.74, 6) is 0.803. The second-order valence-corrected chi connectivity index (χ2v) is 3.83. The average Bonchev–Trinajstić information content (AvgIpc) is 2.93. The summed E-state index contributed by atoms with van der Waals surface area (Å²) < 4.78 is 5.56. The van der Waals surface area contributed by atoms with Crippen LogP contribution in [0.15, 0.2) is 40.9 Å². The SMILES string of the molecule is Nc1[nH]ncc1C(O)c1cc2ccccc2o1. The number of hydrogen-bond acceptors (Lipinski definition) is 4. The highest BCUT2D eigenvalue weighted by atomic mass is 16.4. The van der Waals surface area contributed by atoms with E-state index in [0.717, 1.165) is 11.0 Å². The van der Waals surface area contributed by atoms with Gasteiger partial charge in [0.05, 0.1) is 6.20 Å². The van der Waals surface area contributed by atoms with E-state index in [9.17, 15) is 5.11 Å². The molecule has 86 valence electrons. The van der Waals surface area contributed by atoms with E-state index in [1.807, 2.05) is 24.3 Å². The molecule has 1 atom stereocenters. The van der Waals surface area contributed by atoms with E-state index in [1.54, 1.807) is 6.07 Å². The van der Waals surface area contributed by atoms with E-state index in [-0.39, 0.29) is 0 Å². The van der Waals surface area contributed by atoms with Gasteiger partial charge in [0, 0.05) is 10.9 Å². The molecule has 3 aromatic rings. The number of anilines is 1. The van der Waals surface area contributed by atoms with Gasteiger partial charge in [0.15, 0.2) is 0 Å². The van der Waals surface area contributed by atoms with E-state index in [2.05, 4.69) is 10.2 Å². The number of nitrogens with one attached hydrogen (secondary N) is 1. The Kier molecular flexibility index (Phi) is 2.12. The Balaban J connectivity index is 2.07. The Morgan fingerprint density at radius 3 is 2.88 bits per heavy atom. The van der Waals surface area contributed by atoms with Gasteiger partial charge in [0.1, 0.15) is 23.3 Å². The fourth-order valence-electron chi connectivity index (χ4n) is 1.81. The van der Waals surface area contributed by atoms with Crippen molar-refractivity contribution in [3.63, 3.8) is 0 Å². The van der Waals surface area contributed by atoms with Crippen LogP contribution in [-0.2, 0) is 0 Å². The first-order chi connectivity index (χ1) is 8.25. The van der Waals surface area contributed by atoms with Gasteiger partial charge in [-0.15, -0.1) is 0 Å². The second kappa shape index (κ2) is 3.64. The molecule has 0 spiro atoms. The lowest BCUT2D eigenvalue weighted by molar-refractivity contribution is 0.193. The summed E-state index contributed by atoms with van der Waals surface area (Å²) in [7, 11) is 0. The predicted molar refractivity (Wildman–Crippen MR) is 63.3 cm³/mol. The van der Waals surface area contributed by atoms with Gasteiger partial charge < -0.3 is 15.3 Å². The van der Waals surface area contributed by atoms with Crippen molar-refractivity contribution in [1.82, 2.24) is 10.2 Å². The van der Waals surface area contributed by atoms with E-state index < -0.39 is 6.10 Å². The Labute approximate surface area is 96.9 Å². The Morgan fingerprint density at radius 1 is 1.35 bits per heavy atom. The topological polar surface area (TPSA) is 88.1 Å². The largest absolute Gasteiger partial charge is 0.458 e. The number of aromatic nitrogens is 2. The summed E-state index contributed by atoms with van der Waals surface area (Å²) in [5, 5.41) is 17.4. The molecular formula is C12H11N3O2. The highest BCUT2D eigenvalue weighted by Crippen LogP contribution is 2.29. The lowest BCUT2D eigenvalue weighted by Crippen LogP contribution is -2.00. The molecule has 3 rings (SSSR count). The standard InChI is InChI=1S/C12H11N3O2/c13-12-8(6-14-15-12)11(16)10-5-7-3-1-2-4-9(7)17-10/h1-6,11,16H,(H3,13,14,15). The molecule has 0 radical (unpaired) electrons. The highest BCUT2D eigenvalue weighted by Gasteiger charge is 2.19. The van der Waals surface area contributed by atoms with Crippen molar-refractivity contribution in [2.24, 2.45) is 0 Å². The Hall–Kier alpha value is -2.27. The third-order valence-corrected chi connectivity index (χ3v) is 2.71. The molecule has 5 heteroatoms. The highest BCUT2D eigenvalue weighted by molar-refractivity contribution is 5.78. The van der Waals surface area contributed by atoms with E-state index >= 15 is 0 Å². The molecule has 2 heterocycles. The number of benzene rings is 1. The molecule has 17 heavy (non-hydrogen) atoms. The molecular weight excluding hydrogens is 218 g/mol. The molecule has 5 nitrogen and oxygen atoms in total. The number of nitrogens with two attached hydrogens (primary N) is 1. The van der Waals surface area contributed by atoms with Crippen molar-refractivity contribution >= 4 is 16.8 Å². The van der Waals surface area contributed by atoms with Gasteiger partial charge in [0.25, 0.3) is 0 Å². The number of rotatable bonds is 2. The molecule has 2 aromatic heterocycles. The van der Waals surface area contributed by atoms with Crippen LogP contribution in [0.1, 0.15) is 17.4 Å². The predicted octanol–water partition coefficient (Wildman–Crippen LogP) is 1.82. The minimum atomic E-state index is -0.902. The van der Waals surface area contributed by atoms with Gasteiger partial charge >= 0.3 is 0 Å². The summed E-state index contributed by atoms with van der Waals surface area (Å²) in [4.78, 5) is 0. The maximum absolute atomic E-state index is 10.1. The number of nitrogen functional groups attached to an aromatic ring is 1. The first-order valence-electron chi connectivity index (χ1n) is 5.21.